The zero-order chi connectivity index (χ0) is 30.6. The quantitative estimate of drug-likeness (QED) is 0.231. The number of carbonyl (C=O) groups excluding carboxylic acids is 1. The van der Waals surface area contributed by atoms with Crippen molar-refractivity contribution in [3.63, 3.8) is 0 Å². The molecule has 5 rings (SSSR count). The highest BCUT2D eigenvalue weighted by Gasteiger charge is 2.63. The Morgan fingerprint density at radius 3 is 2.36 bits per heavy atom. The van der Waals surface area contributed by atoms with Crippen LogP contribution in [0.2, 0.25) is 0 Å². The number of fused-ring (bicyclic) bond motifs is 5. The number of carboxylic acids is 1. The van der Waals surface area contributed by atoms with Gasteiger partial charge in [0.2, 0.25) is 5.91 Å². The molecule has 1 heterocycles. The van der Waals surface area contributed by atoms with Crippen LogP contribution in [-0.4, -0.2) is 86.9 Å². The highest BCUT2D eigenvalue weighted by Crippen LogP contribution is 2.68. The number of ether oxygens (including phenoxy) is 2. The second-order valence-corrected chi connectivity index (χ2v) is 14.9. The van der Waals surface area contributed by atoms with Crippen molar-refractivity contribution in [1.82, 2.24) is 5.32 Å². The van der Waals surface area contributed by atoms with Crippen LogP contribution in [-0.2, 0) is 19.1 Å². The van der Waals surface area contributed by atoms with Gasteiger partial charge in [0.25, 0.3) is 0 Å². The van der Waals surface area contributed by atoms with Crippen molar-refractivity contribution in [3.05, 3.63) is 0 Å². The first-order chi connectivity index (χ1) is 19.8. The van der Waals surface area contributed by atoms with E-state index in [0.29, 0.717) is 36.5 Å². The summed E-state index contributed by atoms with van der Waals surface area (Å²) in [7, 11) is 0. The highest BCUT2D eigenvalue weighted by atomic mass is 16.7. The topological polar surface area (TPSA) is 166 Å². The molecule has 4 saturated carbocycles. The lowest BCUT2D eigenvalue weighted by molar-refractivity contribution is -0.290. The SMILES string of the molecule is CC(=O)N[C@H]1[C@H](O[C@@H]2CC[C@@]3(C)[C@@H](C2)C[C@@H](O)[C@@H]2[C@@H]3CC[C@]3(C)[C@@H]([C@H](C)CCC(=O)O)CC[C@@H]23)O[C@H](CO)[C@@H](O)[C@@H]1O. The van der Waals surface area contributed by atoms with Crippen LogP contribution in [0.3, 0.4) is 0 Å². The van der Waals surface area contributed by atoms with Crippen LogP contribution >= 0.6 is 0 Å². The van der Waals surface area contributed by atoms with Crippen LogP contribution in [0.1, 0.15) is 91.9 Å². The van der Waals surface area contributed by atoms with Crippen LogP contribution in [0.25, 0.3) is 0 Å². The molecule has 10 heteroatoms. The molecule has 0 spiro atoms. The Labute approximate surface area is 249 Å². The smallest absolute Gasteiger partial charge is 0.303 e. The first-order valence-corrected chi connectivity index (χ1v) is 16.2. The third-order valence-corrected chi connectivity index (χ3v) is 12.8. The van der Waals surface area contributed by atoms with Crippen molar-refractivity contribution < 1.29 is 44.6 Å². The zero-order valence-electron chi connectivity index (χ0n) is 25.7. The summed E-state index contributed by atoms with van der Waals surface area (Å²) in [4.78, 5) is 23.1. The van der Waals surface area contributed by atoms with Crippen LogP contribution < -0.4 is 5.32 Å². The molecule has 1 saturated heterocycles. The molecule has 0 aromatic carbocycles. The van der Waals surface area contributed by atoms with Gasteiger partial charge in [-0.15, -0.1) is 0 Å². The fourth-order valence-corrected chi connectivity index (χ4v) is 10.6. The molecule has 0 bridgehead atoms. The Morgan fingerprint density at radius 2 is 1.69 bits per heavy atom. The van der Waals surface area contributed by atoms with Crippen molar-refractivity contribution in [1.29, 1.82) is 0 Å². The van der Waals surface area contributed by atoms with E-state index in [9.17, 15) is 35.1 Å². The molecule has 0 unspecified atom stereocenters. The number of aliphatic carboxylic acids is 1. The molecule has 4 aliphatic carbocycles. The first kappa shape index (κ1) is 32.1. The molecule has 10 nitrogen and oxygen atoms in total. The fourth-order valence-electron chi connectivity index (χ4n) is 10.6. The summed E-state index contributed by atoms with van der Waals surface area (Å²) in [6, 6.07) is -0.959. The summed E-state index contributed by atoms with van der Waals surface area (Å²) >= 11 is 0. The van der Waals surface area contributed by atoms with Gasteiger partial charge in [0.1, 0.15) is 24.4 Å². The predicted octanol–water partition coefficient (Wildman–Crippen LogP) is 2.45. The number of rotatable bonds is 8. The van der Waals surface area contributed by atoms with E-state index in [2.05, 4.69) is 26.1 Å². The number of carboxylic acid groups (broad SMARTS) is 1. The van der Waals surface area contributed by atoms with Crippen molar-refractivity contribution >= 4 is 11.9 Å². The maximum absolute atomic E-state index is 11.9. The molecule has 5 aliphatic rings. The van der Waals surface area contributed by atoms with Gasteiger partial charge >= 0.3 is 5.97 Å². The van der Waals surface area contributed by atoms with E-state index in [0.717, 1.165) is 44.9 Å². The molecule has 15 atom stereocenters. The van der Waals surface area contributed by atoms with Gasteiger partial charge in [-0.1, -0.05) is 20.8 Å². The van der Waals surface area contributed by atoms with E-state index >= 15 is 0 Å². The number of amides is 1. The number of carbonyl (C=O) groups is 2. The first-order valence-electron chi connectivity index (χ1n) is 16.2. The van der Waals surface area contributed by atoms with Gasteiger partial charge in [0.15, 0.2) is 6.29 Å². The van der Waals surface area contributed by atoms with Crippen molar-refractivity contribution in [2.75, 3.05) is 6.61 Å². The minimum Gasteiger partial charge on any atom is -0.481 e. The van der Waals surface area contributed by atoms with Gasteiger partial charge in [-0.3, -0.25) is 9.59 Å². The molecule has 1 aliphatic heterocycles. The van der Waals surface area contributed by atoms with Gasteiger partial charge in [-0.25, -0.2) is 0 Å². The maximum atomic E-state index is 11.9. The molecule has 240 valence electrons. The maximum Gasteiger partial charge on any atom is 0.303 e. The van der Waals surface area contributed by atoms with Crippen LogP contribution in [0.5, 0.6) is 0 Å². The van der Waals surface area contributed by atoms with Gasteiger partial charge in [0, 0.05) is 13.3 Å². The number of hydrogen-bond donors (Lipinski definition) is 6. The van der Waals surface area contributed by atoms with Gasteiger partial charge in [-0.05, 0) is 104 Å². The zero-order valence-corrected chi connectivity index (χ0v) is 25.7. The van der Waals surface area contributed by atoms with E-state index in [1.165, 1.54) is 6.92 Å². The third-order valence-electron chi connectivity index (χ3n) is 12.8. The minimum atomic E-state index is -1.35. The van der Waals surface area contributed by atoms with Crippen LogP contribution in [0.4, 0.5) is 0 Å². The molecule has 5 fully saturated rings. The van der Waals surface area contributed by atoms with Crippen molar-refractivity contribution in [2.24, 2.45) is 46.3 Å². The average molecular weight is 596 g/mol. The van der Waals surface area contributed by atoms with Gasteiger partial charge in [-0.2, -0.15) is 0 Å². The van der Waals surface area contributed by atoms with Crippen LogP contribution in [0, 0.1) is 46.3 Å². The van der Waals surface area contributed by atoms with E-state index < -0.39 is 49.3 Å². The third kappa shape index (κ3) is 5.65. The summed E-state index contributed by atoms with van der Waals surface area (Å²) < 4.78 is 12.2. The lowest BCUT2D eigenvalue weighted by Gasteiger charge is -2.62. The average Bonchev–Trinajstić information content (AvgIpc) is 3.29. The second kappa shape index (κ2) is 12.2. The molecule has 1 amide bonds. The predicted molar refractivity (Wildman–Crippen MR) is 153 cm³/mol. The summed E-state index contributed by atoms with van der Waals surface area (Å²) in [5.74, 6) is 1.14. The molecule has 0 aromatic heterocycles. The number of aliphatic hydroxyl groups is 4. The number of nitrogens with one attached hydrogen (secondary N) is 1. The van der Waals surface area contributed by atoms with Gasteiger partial charge in [0.05, 0.1) is 18.8 Å². The fraction of sp³-hybridized carbons (Fsp3) is 0.938. The minimum absolute atomic E-state index is 0.0753. The Balaban J connectivity index is 1.28. The lowest BCUT2D eigenvalue weighted by Crippen LogP contribution is -2.65. The largest absolute Gasteiger partial charge is 0.481 e. The van der Waals surface area contributed by atoms with Crippen LogP contribution in [0.15, 0.2) is 0 Å². The number of aliphatic hydroxyl groups excluding tert-OH is 4. The summed E-state index contributed by atoms with van der Waals surface area (Å²) in [6.45, 7) is 7.89. The van der Waals surface area contributed by atoms with E-state index in [-0.39, 0.29) is 41.1 Å². The normalized spacial score (nSPS) is 49.3. The summed E-state index contributed by atoms with van der Waals surface area (Å²) in [5.41, 5.74) is 0.209. The van der Waals surface area contributed by atoms with Crippen molar-refractivity contribution in [2.45, 2.75) is 135 Å². The molecular formula is C32H53NO9. The Hall–Kier alpha value is -1.30. The molecule has 0 radical (unpaired) electrons. The Bertz CT molecular complexity index is 995. The molecule has 0 aromatic rings. The summed E-state index contributed by atoms with van der Waals surface area (Å²) in [6.07, 6.45) is 3.23. The van der Waals surface area contributed by atoms with E-state index in [1.807, 2.05) is 0 Å². The van der Waals surface area contributed by atoms with E-state index in [1.54, 1.807) is 0 Å². The highest BCUT2D eigenvalue weighted by molar-refractivity contribution is 5.73. The lowest BCUT2D eigenvalue weighted by atomic mass is 9.43. The van der Waals surface area contributed by atoms with Gasteiger partial charge < -0.3 is 40.3 Å². The monoisotopic (exact) mass is 595 g/mol. The van der Waals surface area contributed by atoms with E-state index in [4.69, 9.17) is 9.47 Å². The standard InChI is InChI=1S/C32H53NO9/c1-16(5-8-25(37)38)20-6-7-21-26-22(10-12-32(20,21)4)31(3)11-9-19(13-18(31)14-23(26)36)41-30-27(33-17(2)35)29(40)28(39)24(15-34)42-30/h16,18-24,26-30,34,36,39-40H,5-15H2,1-4H3,(H,33,35)(H,37,38)/t16-,18+,19-,20-,21+,22+,23-,24-,26+,27-,28-,29-,30-,31+,32-/m1/s1. The molecular weight excluding hydrogens is 542 g/mol. The second-order valence-electron chi connectivity index (χ2n) is 14.9. The Morgan fingerprint density at radius 1 is 1.00 bits per heavy atom. The molecule has 6 N–H and O–H groups in total. The molecule has 42 heavy (non-hydrogen) atoms. The summed E-state index contributed by atoms with van der Waals surface area (Å²) in [5, 5.41) is 54.3. The van der Waals surface area contributed by atoms with Crippen molar-refractivity contribution in [3.8, 4) is 0 Å². The Kier molecular flexibility index (Phi) is 9.36. The number of hydrogen-bond acceptors (Lipinski definition) is 8.